The van der Waals surface area contributed by atoms with Gasteiger partial charge < -0.3 is 33.5 Å². The third kappa shape index (κ3) is 6.95. The molecule has 0 aliphatic carbocycles. The molecular formula is C44H51N3O5S. The molecule has 0 N–H and O–H groups in total. The van der Waals surface area contributed by atoms with Crippen LogP contribution in [0.1, 0.15) is 78.6 Å². The second-order valence-corrected chi connectivity index (χ2v) is 15.2. The summed E-state index contributed by atoms with van der Waals surface area (Å²) in [5, 5.41) is 0. The van der Waals surface area contributed by atoms with E-state index >= 15 is 0 Å². The van der Waals surface area contributed by atoms with E-state index in [1.807, 2.05) is 6.07 Å². The molecule has 0 fully saturated rings. The summed E-state index contributed by atoms with van der Waals surface area (Å²) >= 11 is 6.27. The van der Waals surface area contributed by atoms with Gasteiger partial charge in [0.1, 0.15) is 5.75 Å². The predicted molar refractivity (Wildman–Crippen MR) is 213 cm³/mol. The zero-order chi connectivity index (χ0) is 36.6. The van der Waals surface area contributed by atoms with Gasteiger partial charge in [-0.05, 0) is 142 Å². The highest BCUT2D eigenvalue weighted by atomic mass is 32.1. The molecule has 5 heterocycles. The van der Waals surface area contributed by atoms with Crippen LogP contribution in [0.3, 0.4) is 0 Å². The number of hydrogen-bond acceptors (Lipinski definition) is 8. The molecule has 0 unspecified atom stereocenters. The Balaban J connectivity index is 1.23. The number of unbranched alkanes of at least 4 members (excludes halogenated alkanes) is 1. The Bertz CT molecular complexity index is 1990. The molecule has 0 amide bonds. The van der Waals surface area contributed by atoms with E-state index < -0.39 is 0 Å². The minimum atomic E-state index is 0.0156. The number of thiocarbonyl (C=S) groups is 1. The Morgan fingerprint density at radius 1 is 0.755 bits per heavy atom. The fourth-order valence-corrected chi connectivity index (χ4v) is 8.99. The normalized spacial score (nSPS) is 18.5. The van der Waals surface area contributed by atoms with Gasteiger partial charge >= 0.3 is 0 Å². The molecule has 4 aromatic carbocycles. The van der Waals surface area contributed by atoms with Crippen LogP contribution in [0.2, 0.25) is 0 Å². The molecule has 0 radical (unpaired) electrons. The summed E-state index contributed by atoms with van der Waals surface area (Å²) in [6, 6.07) is 21.4. The Morgan fingerprint density at radius 3 is 2.25 bits per heavy atom. The molecule has 0 spiro atoms. The molecule has 2 atom stereocenters. The first-order valence-electron chi connectivity index (χ1n) is 19.3. The molecule has 278 valence electrons. The average Bonchev–Trinajstić information content (AvgIpc) is 3.17. The molecule has 0 aromatic heterocycles. The lowest BCUT2D eigenvalue weighted by atomic mass is 9.86. The SMILES string of the molecule is CCN(CC)CCCCC(=S)N1CCc2cc3c4cc2[C@@H]1Cc1ccc(OC)c(c1)Oc1ccc(cc1)C[C@H]1c2c(cc(OC)c(c2O4)O3)CCN1C. The molecule has 5 aliphatic heterocycles. The monoisotopic (exact) mass is 733 g/mol. The summed E-state index contributed by atoms with van der Waals surface area (Å²) in [6.45, 7) is 9.52. The molecule has 9 heteroatoms. The zero-order valence-electron chi connectivity index (χ0n) is 31.7. The van der Waals surface area contributed by atoms with Crippen molar-refractivity contribution in [3.63, 3.8) is 0 Å². The lowest BCUT2D eigenvalue weighted by Gasteiger charge is -2.41. The van der Waals surface area contributed by atoms with Crippen molar-refractivity contribution in [2.75, 3.05) is 54.0 Å². The number of benzene rings is 4. The number of fused-ring (bicyclic) bond motifs is 2. The molecule has 8 nitrogen and oxygen atoms in total. The second-order valence-electron chi connectivity index (χ2n) is 14.7. The summed E-state index contributed by atoms with van der Waals surface area (Å²) in [5.74, 6) is 5.77. The summed E-state index contributed by atoms with van der Waals surface area (Å²) in [7, 11) is 5.61. The molecular weight excluding hydrogens is 683 g/mol. The van der Waals surface area contributed by atoms with Crippen molar-refractivity contribution in [2.24, 2.45) is 0 Å². The van der Waals surface area contributed by atoms with Crippen molar-refractivity contribution in [3.8, 4) is 46.0 Å². The van der Waals surface area contributed by atoms with Crippen LogP contribution < -0.4 is 23.7 Å². The van der Waals surface area contributed by atoms with E-state index in [1.54, 1.807) is 14.2 Å². The lowest BCUT2D eigenvalue weighted by Crippen LogP contribution is -2.40. The van der Waals surface area contributed by atoms with Crippen LogP contribution in [0.15, 0.2) is 60.7 Å². The zero-order valence-corrected chi connectivity index (χ0v) is 32.5. The average molecular weight is 734 g/mol. The standard InChI is InChI=1S/C44H51N3O5S/c1-6-46(7-2)19-9-8-10-41(53)47-21-18-30-25-38-39-27-33(30)34(47)23-29-13-16-36(48-4)37(24-29)50-32-14-11-28(12-15-32)22-35-42-31(17-20-45(35)3)26-40(49-5)43(51-38)44(42)52-39/h11-16,24-27,34-35H,6-10,17-23H2,1-5H3/t34-,35-/m0/s1. The van der Waals surface area contributed by atoms with Gasteiger partial charge in [-0.3, -0.25) is 4.90 Å². The van der Waals surface area contributed by atoms with Gasteiger partial charge in [-0.1, -0.05) is 44.3 Å². The van der Waals surface area contributed by atoms with E-state index in [0.29, 0.717) is 23.0 Å². The van der Waals surface area contributed by atoms with Crippen LogP contribution in [-0.2, 0) is 25.7 Å². The molecule has 7 bridgehead atoms. The quantitative estimate of drug-likeness (QED) is 0.109. The van der Waals surface area contributed by atoms with E-state index in [-0.39, 0.29) is 12.1 Å². The summed E-state index contributed by atoms with van der Waals surface area (Å²) < 4.78 is 32.1. The maximum absolute atomic E-state index is 7.05. The molecule has 0 saturated heterocycles. The first-order valence-corrected chi connectivity index (χ1v) is 19.7. The molecule has 53 heavy (non-hydrogen) atoms. The number of rotatable bonds is 9. The van der Waals surface area contributed by atoms with E-state index in [0.717, 1.165) is 111 Å². The Labute approximate surface area is 319 Å². The topological polar surface area (TPSA) is 55.9 Å². The van der Waals surface area contributed by atoms with Gasteiger partial charge in [-0.15, -0.1) is 0 Å². The van der Waals surface area contributed by atoms with E-state index in [9.17, 15) is 0 Å². The maximum atomic E-state index is 7.05. The smallest absolute Gasteiger partial charge is 0.212 e. The molecule has 0 saturated carbocycles. The molecule has 5 aliphatic rings. The van der Waals surface area contributed by atoms with Crippen molar-refractivity contribution in [3.05, 3.63) is 94.0 Å². The van der Waals surface area contributed by atoms with Gasteiger partial charge in [0.2, 0.25) is 5.75 Å². The van der Waals surface area contributed by atoms with Crippen molar-refractivity contribution >= 4 is 17.2 Å². The number of nitrogens with zero attached hydrogens (tertiary/aromatic N) is 3. The highest BCUT2D eigenvalue weighted by Crippen LogP contribution is 2.56. The summed E-state index contributed by atoms with van der Waals surface area (Å²) in [5.41, 5.74) is 7.26. The Kier molecular flexibility index (Phi) is 10.2. The number of methoxy groups -OCH3 is 2. The first kappa shape index (κ1) is 35.7. The van der Waals surface area contributed by atoms with Crippen molar-refractivity contribution in [1.29, 1.82) is 0 Å². The minimum Gasteiger partial charge on any atom is -0.493 e. The van der Waals surface area contributed by atoms with Gasteiger partial charge in [0.15, 0.2) is 34.5 Å². The van der Waals surface area contributed by atoms with E-state index in [1.165, 1.54) is 27.8 Å². The van der Waals surface area contributed by atoms with Gasteiger partial charge in [0.25, 0.3) is 0 Å². The van der Waals surface area contributed by atoms with Crippen LogP contribution in [0.5, 0.6) is 46.0 Å². The molecule has 4 aromatic rings. The largest absolute Gasteiger partial charge is 0.493 e. The first-order chi connectivity index (χ1) is 25.9. The van der Waals surface area contributed by atoms with Crippen molar-refractivity contribution in [1.82, 2.24) is 14.7 Å². The van der Waals surface area contributed by atoms with Crippen LogP contribution >= 0.6 is 12.2 Å². The van der Waals surface area contributed by atoms with Gasteiger partial charge in [-0.2, -0.15) is 0 Å². The van der Waals surface area contributed by atoms with Gasteiger partial charge in [-0.25, -0.2) is 0 Å². The minimum absolute atomic E-state index is 0.0156. The van der Waals surface area contributed by atoms with E-state index in [2.05, 4.69) is 90.2 Å². The van der Waals surface area contributed by atoms with E-state index in [4.69, 9.17) is 35.9 Å². The fourth-order valence-electron chi connectivity index (χ4n) is 8.63. The summed E-state index contributed by atoms with van der Waals surface area (Å²) in [4.78, 5) is 8.41. The van der Waals surface area contributed by atoms with Crippen molar-refractivity contribution < 1.29 is 23.7 Å². The predicted octanol–water partition coefficient (Wildman–Crippen LogP) is 9.46. The fraction of sp³-hybridized carbons (Fsp3) is 0.432. The third-order valence-electron chi connectivity index (χ3n) is 11.7. The lowest BCUT2D eigenvalue weighted by molar-refractivity contribution is 0.219. The third-order valence-corrected chi connectivity index (χ3v) is 12.1. The van der Waals surface area contributed by atoms with Crippen LogP contribution in [-0.4, -0.2) is 73.7 Å². The number of ether oxygens (including phenoxy) is 5. The maximum Gasteiger partial charge on any atom is 0.212 e. The highest BCUT2D eigenvalue weighted by Gasteiger charge is 2.38. The Hall–Kier alpha value is -4.31. The number of hydrogen-bond donors (Lipinski definition) is 0. The second kappa shape index (κ2) is 15.2. The van der Waals surface area contributed by atoms with Crippen LogP contribution in [0, 0.1) is 0 Å². The van der Waals surface area contributed by atoms with Crippen molar-refractivity contribution in [2.45, 2.75) is 70.9 Å². The molecule has 9 rings (SSSR count). The van der Waals surface area contributed by atoms with Crippen LogP contribution in [0.4, 0.5) is 0 Å². The van der Waals surface area contributed by atoms with Gasteiger partial charge in [0.05, 0.1) is 25.2 Å². The van der Waals surface area contributed by atoms with Crippen LogP contribution in [0.25, 0.3) is 0 Å². The Morgan fingerprint density at radius 2 is 1.47 bits per heavy atom. The highest BCUT2D eigenvalue weighted by molar-refractivity contribution is 7.80. The number of likely N-dealkylation sites (N-methyl/N-ethyl adjacent to an activating group) is 1. The summed E-state index contributed by atoms with van der Waals surface area (Å²) in [6.07, 6.45) is 6.44. The van der Waals surface area contributed by atoms with Gasteiger partial charge in [0, 0.05) is 24.7 Å².